The number of amides is 1. The lowest BCUT2D eigenvalue weighted by Crippen LogP contribution is -2.45. The topological polar surface area (TPSA) is 102 Å². The van der Waals surface area contributed by atoms with Gasteiger partial charge in [0, 0.05) is 18.7 Å². The average molecular weight is 393 g/mol. The van der Waals surface area contributed by atoms with Crippen LogP contribution in [-0.4, -0.2) is 43.5 Å². The van der Waals surface area contributed by atoms with Gasteiger partial charge in [-0.2, -0.15) is 4.31 Å². The minimum atomic E-state index is -3.86. The van der Waals surface area contributed by atoms with Gasteiger partial charge in [0.2, 0.25) is 15.9 Å². The fourth-order valence-corrected chi connectivity index (χ4v) is 5.35. The van der Waals surface area contributed by atoms with Gasteiger partial charge in [-0.1, -0.05) is 23.4 Å². The molecule has 1 saturated heterocycles. The van der Waals surface area contributed by atoms with Gasteiger partial charge in [-0.3, -0.25) is 4.79 Å². The van der Waals surface area contributed by atoms with Crippen LogP contribution in [0.4, 0.5) is 0 Å². The number of nitrogens with zero attached hydrogens (tertiary/aromatic N) is 2. The Balaban J connectivity index is 1.77. The average Bonchev–Trinajstić information content (AvgIpc) is 3.27. The molecule has 146 valence electrons. The Morgan fingerprint density at radius 2 is 2.11 bits per heavy atom. The monoisotopic (exact) mass is 393 g/mol. The predicted octanol–water partition coefficient (Wildman–Crippen LogP) is 1.77. The highest BCUT2D eigenvalue weighted by atomic mass is 32.2. The van der Waals surface area contributed by atoms with Crippen molar-refractivity contribution < 1.29 is 22.5 Å². The van der Waals surface area contributed by atoms with Crippen LogP contribution in [0.5, 0.6) is 5.75 Å². The number of rotatable bonds is 6. The fourth-order valence-electron chi connectivity index (χ4n) is 3.40. The molecule has 3 rings (SSSR count). The highest BCUT2D eigenvalue weighted by molar-refractivity contribution is 7.89. The molecule has 1 atom stereocenters. The summed E-state index contributed by atoms with van der Waals surface area (Å²) in [6.07, 6.45) is 1.09. The minimum Gasteiger partial charge on any atom is -0.496 e. The first-order valence-corrected chi connectivity index (χ1v) is 10.1. The van der Waals surface area contributed by atoms with E-state index in [9.17, 15) is 13.2 Å². The van der Waals surface area contributed by atoms with Crippen molar-refractivity contribution in [2.24, 2.45) is 0 Å². The Kier molecular flexibility index (Phi) is 5.52. The summed E-state index contributed by atoms with van der Waals surface area (Å²) in [5, 5.41) is 6.55. The van der Waals surface area contributed by atoms with Gasteiger partial charge in [0.25, 0.3) is 0 Å². The van der Waals surface area contributed by atoms with E-state index < -0.39 is 16.1 Å². The highest BCUT2D eigenvalue weighted by Gasteiger charge is 2.41. The molecule has 1 aromatic carbocycles. The van der Waals surface area contributed by atoms with Crippen molar-refractivity contribution in [3.63, 3.8) is 0 Å². The lowest BCUT2D eigenvalue weighted by molar-refractivity contribution is -0.124. The van der Waals surface area contributed by atoms with Crippen LogP contribution >= 0.6 is 0 Å². The number of nitrogens with one attached hydrogen (secondary N) is 1. The molecule has 0 aliphatic carbocycles. The molecule has 1 aromatic heterocycles. The van der Waals surface area contributed by atoms with E-state index in [-0.39, 0.29) is 23.1 Å². The van der Waals surface area contributed by atoms with Crippen LogP contribution in [0.15, 0.2) is 33.7 Å². The number of hydrogen-bond acceptors (Lipinski definition) is 6. The Hall–Kier alpha value is -2.39. The molecule has 1 fully saturated rings. The summed E-state index contributed by atoms with van der Waals surface area (Å²) in [6.45, 7) is 3.69. The first kappa shape index (κ1) is 19.4. The summed E-state index contributed by atoms with van der Waals surface area (Å²) in [7, 11) is -2.29. The standard InChI is InChI=1S/C18H23N3O5S/c1-12-17(13(2)26-20-12)27(23,24)21-10-6-8-15(21)18(22)19-11-14-7-4-5-9-16(14)25-3/h4-5,7,9,15H,6,8,10-11H2,1-3H3,(H,19,22)/t15-/m1/s1. The Morgan fingerprint density at radius 1 is 1.37 bits per heavy atom. The lowest BCUT2D eigenvalue weighted by Gasteiger charge is -2.23. The van der Waals surface area contributed by atoms with Gasteiger partial charge in [0.15, 0.2) is 5.76 Å². The Labute approximate surface area is 158 Å². The number of ether oxygens (including phenoxy) is 1. The molecule has 2 heterocycles. The minimum absolute atomic E-state index is 0.0481. The summed E-state index contributed by atoms with van der Waals surface area (Å²) in [5.41, 5.74) is 1.12. The third kappa shape index (κ3) is 3.70. The normalized spacial score (nSPS) is 17.8. The van der Waals surface area contributed by atoms with Gasteiger partial charge in [0.05, 0.1) is 7.11 Å². The summed E-state index contributed by atoms with van der Waals surface area (Å²) in [4.78, 5) is 12.8. The maximum absolute atomic E-state index is 13.1. The van der Waals surface area contributed by atoms with Crippen LogP contribution in [-0.2, 0) is 21.4 Å². The lowest BCUT2D eigenvalue weighted by atomic mass is 10.2. The number of benzene rings is 1. The molecule has 1 aliphatic heterocycles. The summed E-state index contributed by atoms with van der Waals surface area (Å²) in [6, 6.07) is 6.61. The summed E-state index contributed by atoms with van der Waals surface area (Å²) < 4.78 is 37.6. The van der Waals surface area contributed by atoms with Crippen molar-refractivity contribution in [2.75, 3.05) is 13.7 Å². The summed E-state index contributed by atoms with van der Waals surface area (Å²) >= 11 is 0. The molecule has 9 heteroatoms. The molecule has 1 amide bonds. The number of aryl methyl sites for hydroxylation is 2. The number of carbonyl (C=O) groups is 1. The van der Waals surface area contributed by atoms with Gasteiger partial charge in [-0.25, -0.2) is 8.42 Å². The zero-order chi connectivity index (χ0) is 19.6. The fraction of sp³-hybridized carbons (Fsp3) is 0.444. The number of methoxy groups -OCH3 is 1. The van der Waals surface area contributed by atoms with Gasteiger partial charge in [0.1, 0.15) is 22.4 Å². The third-order valence-electron chi connectivity index (χ3n) is 4.69. The van der Waals surface area contributed by atoms with Crippen LogP contribution in [0, 0.1) is 13.8 Å². The van der Waals surface area contributed by atoms with E-state index in [1.807, 2.05) is 24.3 Å². The molecule has 2 aromatic rings. The van der Waals surface area contributed by atoms with Gasteiger partial charge < -0.3 is 14.6 Å². The smallest absolute Gasteiger partial charge is 0.249 e. The molecule has 1 aliphatic rings. The van der Waals surface area contributed by atoms with Crippen molar-refractivity contribution >= 4 is 15.9 Å². The van der Waals surface area contributed by atoms with E-state index >= 15 is 0 Å². The Bertz CT molecular complexity index is 919. The second-order valence-corrected chi connectivity index (χ2v) is 8.28. The van der Waals surface area contributed by atoms with Crippen molar-refractivity contribution in [2.45, 2.75) is 44.2 Å². The number of hydrogen-bond donors (Lipinski definition) is 1. The molecule has 0 saturated carbocycles. The second-order valence-electron chi connectivity index (χ2n) is 6.46. The zero-order valence-corrected chi connectivity index (χ0v) is 16.4. The quantitative estimate of drug-likeness (QED) is 0.803. The van der Waals surface area contributed by atoms with Crippen LogP contribution in [0.1, 0.15) is 29.9 Å². The first-order valence-electron chi connectivity index (χ1n) is 8.70. The van der Waals surface area contributed by atoms with Crippen LogP contribution in [0.25, 0.3) is 0 Å². The van der Waals surface area contributed by atoms with Crippen LogP contribution in [0.3, 0.4) is 0 Å². The molecule has 8 nitrogen and oxygen atoms in total. The maximum Gasteiger partial charge on any atom is 0.249 e. The van der Waals surface area contributed by atoms with E-state index in [0.717, 1.165) is 5.56 Å². The Morgan fingerprint density at radius 3 is 2.78 bits per heavy atom. The van der Waals surface area contributed by atoms with Crippen molar-refractivity contribution in [3.05, 3.63) is 41.3 Å². The van der Waals surface area contributed by atoms with Crippen molar-refractivity contribution in [3.8, 4) is 5.75 Å². The van der Waals surface area contributed by atoms with E-state index in [4.69, 9.17) is 9.26 Å². The molecular weight excluding hydrogens is 370 g/mol. The largest absolute Gasteiger partial charge is 0.496 e. The first-order chi connectivity index (χ1) is 12.9. The number of carbonyl (C=O) groups excluding carboxylic acids is 1. The SMILES string of the molecule is COc1ccccc1CNC(=O)[C@H]1CCCN1S(=O)(=O)c1c(C)noc1C. The second kappa shape index (κ2) is 7.69. The van der Waals surface area contributed by atoms with Gasteiger partial charge in [-0.05, 0) is 32.8 Å². The van der Waals surface area contributed by atoms with Crippen molar-refractivity contribution in [1.82, 2.24) is 14.8 Å². The van der Waals surface area contributed by atoms with Gasteiger partial charge in [-0.15, -0.1) is 0 Å². The van der Waals surface area contributed by atoms with Crippen LogP contribution in [0.2, 0.25) is 0 Å². The third-order valence-corrected chi connectivity index (χ3v) is 6.84. The number of para-hydroxylation sites is 1. The highest BCUT2D eigenvalue weighted by Crippen LogP contribution is 2.30. The zero-order valence-electron chi connectivity index (χ0n) is 15.6. The van der Waals surface area contributed by atoms with Gasteiger partial charge >= 0.3 is 0 Å². The molecular formula is C18H23N3O5S. The van der Waals surface area contributed by atoms with Crippen molar-refractivity contribution in [1.29, 1.82) is 0 Å². The molecule has 1 N–H and O–H groups in total. The van der Waals surface area contributed by atoms with E-state index in [1.54, 1.807) is 21.0 Å². The predicted molar refractivity (Wildman–Crippen MR) is 97.7 cm³/mol. The molecule has 0 radical (unpaired) electrons. The summed E-state index contributed by atoms with van der Waals surface area (Å²) in [5.74, 6) is 0.575. The van der Waals surface area contributed by atoms with E-state index in [1.165, 1.54) is 4.31 Å². The molecule has 0 bridgehead atoms. The van der Waals surface area contributed by atoms with E-state index in [2.05, 4.69) is 10.5 Å². The van der Waals surface area contributed by atoms with Crippen LogP contribution < -0.4 is 10.1 Å². The maximum atomic E-state index is 13.1. The number of aromatic nitrogens is 1. The molecule has 0 unspecified atom stereocenters. The van der Waals surface area contributed by atoms with E-state index in [0.29, 0.717) is 30.8 Å². The molecule has 27 heavy (non-hydrogen) atoms. The molecule has 0 spiro atoms. The number of sulfonamides is 1.